The Hall–Kier alpha value is -2.49. The Kier molecular flexibility index (Phi) is 6.24. The molecule has 2 aromatic rings. The van der Waals surface area contributed by atoms with E-state index in [0.29, 0.717) is 51.1 Å². The first-order chi connectivity index (χ1) is 15.2. The zero-order chi connectivity index (χ0) is 23.0. The highest BCUT2D eigenvalue weighted by molar-refractivity contribution is 6.33. The number of ether oxygens (including phenoxy) is 1. The lowest BCUT2D eigenvalue weighted by molar-refractivity contribution is -0.136. The first kappa shape index (κ1) is 22.7. The molecule has 7 nitrogen and oxygen atoms in total. The van der Waals surface area contributed by atoms with E-state index in [4.69, 9.17) is 16.3 Å². The number of aromatic nitrogens is 2. The Morgan fingerprint density at radius 2 is 2.00 bits per heavy atom. The van der Waals surface area contributed by atoms with Gasteiger partial charge in [0.2, 0.25) is 0 Å². The fourth-order valence-electron chi connectivity index (χ4n) is 4.30. The summed E-state index contributed by atoms with van der Waals surface area (Å²) < 4.78 is 47.2. The third-order valence-electron chi connectivity index (χ3n) is 6.03. The average molecular weight is 473 g/mol. The summed E-state index contributed by atoms with van der Waals surface area (Å²) in [6.07, 6.45) is -0.288. The molecule has 0 atom stereocenters. The maximum Gasteiger partial charge on any atom is 0.419 e. The van der Waals surface area contributed by atoms with E-state index >= 15 is 0 Å². The summed E-state index contributed by atoms with van der Waals surface area (Å²) in [7, 11) is 0. The highest BCUT2D eigenvalue weighted by Crippen LogP contribution is 2.35. The van der Waals surface area contributed by atoms with E-state index in [0.717, 1.165) is 23.3 Å². The van der Waals surface area contributed by atoms with Gasteiger partial charge in [-0.25, -0.2) is 9.78 Å². The van der Waals surface area contributed by atoms with Crippen molar-refractivity contribution in [2.45, 2.75) is 51.2 Å². The van der Waals surface area contributed by atoms with Crippen molar-refractivity contribution in [1.82, 2.24) is 19.2 Å². The van der Waals surface area contributed by atoms with Gasteiger partial charge >= 0.3 is 12.3 Å². The van der Waals surface area contributed by atoms with Crippen molar-refractivity contribution in [3.63, 3.8) is 0 Å². The van der Waals surface area contributed by atoms with Crippen molar-refractivity contribution in [2.75, 3.05) is 26.2 Å². The van der Waals surface area contributed by atoms with Crippen LogP contribution in [0.1, 0.15) is 54.2 Å². The van der Waals surface area contributed by atoms with Gasteiger partial charge in [0, 0.05) is 25.3 Å². The van der Waals surface area contributed by atoms with Crippen LogP contribution in [-0.4, -0.2) is 63.5 Å². The van der Waals surface area contributed by atoms with Gasteiger partial charge in [-0.1, -0.05) is 24.9 Å². The smallest absolute Gasteiger partial charge is 0.419 e. The molecular weight excluding hydrogens is 449 g/mol. The van der Waals surface area contributed by atoms with Crippen LogP contribution in [0.25, 0.3) is 5.65 Å². The van der Waals surface area contributed by atoms with Gasteiger partial charge in [0.15, 0.2) is 11.3 Å². The van der Waals surface area contributed by atoms with Crippen molar-refractivity contribution in [3.8, 4) is 0 Å². The molecule has 0 unspecified atom stereocenters. The Balaban J connectivity index is 1.59. The predicted molar refractivity (Wildman–Crippen MR) is 111 cm³/mol. The first-order valence-electron chi connectivity index (χ1n) is 10.7. The SMILES string of the molecule is CCCCc1cc(C(F)(F)F)c2nc(C(=O)N3CCC(N4CCOC4=O)CC3)c(Cl)n2c1. The number of fused-ring (bicyclic) bond motifs is 1. The van der Waals surface area contributed by atoms with Crippen molar-refractivity contribution in [1.29, 1.82) is 0 Å². The summed E-state index contributed by atoms with van der Waals surface area (Å²) in [6.45, 7) is 3.55. The van der Waals surface area contributed by atoms with Crippen LogP contribution in [0.3, 0.4) is 0 Å². The maximum atomic E-state index is 13.7. The van der Waals surface area contributed by atoms with Crippen LogP contribution in [-0.2, 0) is 17.3 Å². The second-order valence-corrected chi connectivity index (χ2v) is 8.50. The quantitative estimate of drug-likeness (QED) is 0.646. The third-order valence-corrected chi connectivity index (χ3v) is 6.39. The topological polar surface area (TPSA) is 67.2 Å². The molecular formula is C21H24ClF3N4O3. The van der Waals surface area contributed by atoms with E-state index in [1.54, 1.807) is 4.90 Å². The molecule has 2 aromatic heterocycles. The standard InChI is InChI=1S/C21H24ClF3N4O3/c1-2-3-4-13-11-15(21(23,24)25)18-26-16(17(22)29(18)12-13)19(30)27-7-5-14(6-8-27)28-9-10-32-20(28)31/h11-12,14H,2-10H2,1H3. The van der Waals surface area contributed by atoms with Crippen LogP contribution < -0.4 is 0 Å². The Morgan fingerprint density at radius 1 is 1.28 bits per heavy atom. The zero-order valence-corrected chi connectivity index (χ0v) is 18.4. The predicted octanol–water partition coefficient (Wildman–Crippen LogP) is 4.41. The number of alkyl halides is 3. The van der Waals surface area contributed by atoms with Gasteiger partial charge < -0.3 is 14.5 Å². The molecule has 0 saturated carbocycles. The Bertz CT molecular complexity index is 1030. The summed E-state index contributed by atoms with van der Waals surface area (Å²) in [5.74, 6) is -0.510. The molecule has 174 valence electrons. The molecule has 11 heteroatoms. The van der Waals surface area contributed by atoms with Crippen LogP contribution in [0, 0.1) is 0 Å². The number of carbonyl (C=O) groups is 2. The summed E-state index contributed by atoms with van der Waals surface area (Å²) in [4.78, 5) is 32.0. The fraction of sp³-hybridized carbons (Fsp3) is 0.571. The van der Waals surface area contributed by atoms with Crippen LogP contribution in [0.2, 0.25) is 5.15 Å². The van der Waals surface area contributed by atoms with Crippen LogP contribution >= 0.6 is 11.6 Å². The number of imidazole rings is 1. The highest BCUT2D eigenvalue weighted by Gasteiger charge is 2.37. The number of hydrogen-bond donors (Lipinski definition) is 0. The monoisotopic (exact) mass is 472 g/mol. The number of carbonyl (C=O) groups excluding carboxylic acids is 2. The zero-order valence-electron chi connectivity index (χ0n) is 17.6. The molecule has 2 aliphatic heterocycles. The number of halogens is 4. The van der Waals surface area contributed by atoms with Crippen molar-refractivity contribution < 1.29 is 27.5 Å². The molecule has 0 radical (unpaired) electrons. The van der Waals surface area contributed by atoms with E-state index < -0.39 is 17.6 Å². The first-order valence-corrected chi connectivity index (χ1v) is 11.1. The van der Waals surface area contributed by atoms with Gasteiger partial charge in [-0.3, -0.25) is 9.20 Å². The molecule has 2 fully saturated rings. The molecule has 2 aliphatic rings. The Labute approximate surface area is 188 Å². The minimum atomic E-state index is -4.62. The number of unbranched alkanes of at least 4 members (excludes halogenated alkanes) is 1. The van der Waals surface area contributed by atoms with E-state index in [1.807, 2.05) is 6.92 Å². The molecule has 4 heterocycles. The molecule has 0 aliphatic carbocycles. The molecule has 0 aromatic carbocycles. The van der Waals surface area contributed by atoms with Gasteiger partial charge in [-0.2, -0.15) is 13.2 Å². The summed E-state index contributed by atoms with van der Waals surface area (Å²) in [5, 5.41) is -0.126. The van der Waals surface area contributed by atoms with Gasteiger partial charge in [0.25, 0.3) is 5.91 Å². The maximum absolute atomic E-state index is 13.7. The number of pyridine rings is 1. The number of aryl methyl sites for hydroxylation is 1. The minimum Gasteiger partial charge on any atom is -0.448 e. The second-order valence-electron chi connectivity index (χ2n) is 8.14. The Morgan fingerprint density at radius 3 is 2.59 bits per heavy atom. The number of rotatable bonds is 5. The molecule has 2 saturated heterocycles. The van der Waals surface area contributed by atoms with E-state index in [2.05, 4.69) is 4.98 Å². The number of hydrogen-bond acceptors (Lipinski definition) is 4. The largest absolute Gasteiger partial charge is 0.448 e. The lowest BCUT2D eigenvalue weighted by Gasteiger charge is -2.35. The number of piperidine rings is 1. The van der Waals surface area contributed by atoms with Crippen LogP contribution in [0.5, 0.6) is 0 Å². The van der Waals surface area contributed by atoms with Gasteiger partial charge in [-0.05, 0) is 37.3 Å². The van der Waals surface area contributed by atoms with E-state index in [9.17, 15) is 22.8 Å². The van der Waals surface area contributed by atoms with Gasteiger partial charge in [-0.15, -0.1) is 0 Å². The van der Waals surface area contributed by atoms with Gasteiger partial charge in [0.05, 0.1) is 12.1 Å². The van der Waals surface area contributed by atoms with E-state index in [-0.39, 0.29) is 28.6 Å². The molecule has 0 N–H and O–H groups in total. The van der Waals surface area contributed by atoms with Crippen LogP contribution in [0.4, 0.5) is 18.0 Å². The highest BCUT2D eigenvalue weighted by atomic mass is 35.5. The normalized spacial score (nSPS) is 18.0. The molecule has 4 rings (SSSR count). The average Bonchev–Trinajstić information content (AvgIpc) is 3.34. The second kappa shape index (κ2) is 8.80. The van der Waals surface area contributed by atoms with Crippen molar-refractivity contribution in [2.24, 2.45) is 0 Å². The third kappa shape index (κ3) is 4.24. The summed E-state index contributed by atoms with van der Waals surface area (Å²) in [6, 6.07) is 1.06. The summed E-state index contributed by atoms with van der Waals surface area (Å²) in [5.41, 5.74) is -0.980. The van der Waals surface area contributed by atoms with Crippen molar-refractivity contribution in [3.05, 3.63) is 34.2 Å². The molecule has 0 bridgehead atoms. The summed E-state index contributed by atoms with van der Waals surface area (Å²) >= 11 is 6.37. The van der Waals surface area contributed by atoms with Crippen molar-refractivity contribution >= 4 is 29.2 Å². The number of nitrogens with zero attached hydrogens (tertiary/aromatic N) is 4. The number of likely N-dealkylation sites (tertiary alicyclic amines) is 1. The lowest BCUT2D eigenvalue weighted by Crippen LogP contribution is -2.47. The van der Waals surface area contributed by atoms with E-state index in [1.165, 1.54) is 11.1 Å². The lowest BCUT2D eigenvalue weighted by atomic mass is 10.0. The molecule has 32 heavy (non-hydrogen) atoms. The number of amides is 2. The minimum absolute atomic E-state index is 0.0245. The fourth-order valence-corrected chi connectivity index (χ4v) is 4.56. The van der Waals surface area contributed by atoms with Gasteiger partial charge in [0.1, 0.15) is 11.8 Å². The number of cyclic esters (lactones) is 1. The van der Waals surface area contributed by atoms with Crippen LogP contribution in [0.15, 0.2) is 12.3 Å². The molecule has 2 amide bonds. The molecule has 0 spiro atoms.